The molecule has 0 unspecified atom stereocenters. The van der Waals surface area contributed by atoms with Gasteiger partial charge in [-0.1, -0.05) is 37.3 Å². The van der Waals surface area contributed by atoms with Crippen LogP contribution in [0.25, 0.3) is 11.4 Å². The lowest BCUT2D eigenvalue weighted by Gasteiger charge is -2.08. The van der Waals surface area contributed by atoms with Gasteiger partial charge in [0.1, 0.15) is 17.4 Å². The van der Waals surface area contributed by atoms with Gasteiger partial charge in [-0.25, -0.2) is 14.5 Å². The summed E-state index contributed by atoms with van der Waals surface area (Å²) in [6.07, 6.45) is 0.771. The molecule has 0 atom stereocenters. The van der Waals surface area contributed by atoms with Crippen LogP contribution in [-0.2, 0) is 22.5 Å². The summed E-state index contributed by atoms with van der Waals surface area (Å²) < 4.78 is 6.66. The average Bonchev–Trinajstić information content (AvgIpc) is 3.25. The van der Waals surface area contributed by atoms with Crippen LogP contribution in [0.5, 0.6) is 0 Å². The van der Waals surface area contributed by atoms with Gasteiger partial charge in [-0.2, -0.15) is 5.10 Å². The Balaban J connectivity index is 1.81. The van der Waals surface area contributed by atoms with E-state index in [0.717, 1.165) is 16.9 Å². The third-order valence-corrected chi connectivity index (χ3v) is 5.18. The smallest absolute Gasteiger partial charge is 0.341 e. The fourth-order valence-corrected chi connectivity index (χ4v) is 3.74. The van der Waals surface area contributed by atoms with E-state index in [1.807, 2.05) is 37.3 Å². The molecular weight excluding hydrogens is 376 g/mol. The normalized spacial score (nSPS) is 10.7. The first-order valence-corrected chi connectivity index (χ1v) is 9.90. The third-order valence-electron chi connectivity index (χ3n) is 3.98. The van der Waals surface area contributed by atoms with Crippen molar-refractivity contribution in [3.05, 3.63) is 52.7 Å². The lowest BCUT2D eigenvalue weighted by atomic mass is 10.2. The minimum atomic E-state index is -0.435. The van der Waals surface area contributed by atoms with Crippen molar-refractivity contribution in [2.24, 2.45) is 0 Å². The van der Waals surface area contributed by atoms with Gasteiger partial charge in [0, 0.05) is 10.4 Å². The van der Waals surface area contributed by atoms with Gasteiger partial charge in [0.25, 0.3) is 0 Å². The average molecular weight is 398 g/mol. The second-order valence-corrected chi connectivity index (χ2v) is 7.22. The summed E-state index contributed by atoms with van der Waals surface area (Å²) in [4.78, 5) is 30.3. The Morgan fingerprint density at radius 3 is 2.64 bits per heavy atom. The van der Waals surface area contributed by atoms with Gasteiger partial charge in [0.05, 0.1) is 12.2 Å². The van der Waals surface area contributed by atoms with E-state index in [2.05, 4.69) is 15.4 Å². The molecule has 0 saturated heterocycles. The molecule has 0 spiro atoms. The van der Waals surface area contributed by atoms with Crippen LogP contribution in [0.3, 0.4) is 0 Å². The number of ether oxygens (including phenoxy) is 1. The minimum absolute atomic E-state index is 0.00725. The Morgan fingerprint density at radius 1 is 1.21 bits per heavy atom. The quantitative estimate of drug-likeness (QED) is 0.614. The van der Waals surface area contributed by atoms with Crippen molar-refractivity contribution in [1.29, 1.82) is 0 Å². The van der Waals surface area contributed by atoms with Gasteiger partial charge in [-0.3, -0.25) is 4.79 Å². The molecule has 146 valence electrons. The van der Waals surface area contributed by atoms with E-state index in [1.165, 1.54) is 11.3 Å². The summed E-state index contributed by atoms with van der Waals surface area (Å²) >= 11 is 1.38. The molecular formula is C20H22N4O3S. The van der Waals surface area contributed by atoms with E-state index in [4.69, 9.17) is 4.74 Å². The zero-order valence-electron chi connectivity index (χ0n) is 16.1. The molecule has 1 amide bonds. The number of benzene rings is 1. The molecule has 1 aromatic carbocycles. The molecule has 0 bridgehead atoms. The Bertz CT molecular complexity index is 979. The van der Waals surface area contributed by atoms with Crippen molar-refractivity contribution in [3.8, 4) is 11.4 Å². The number of rotatable bonds is 7. The maximum Gasteiger partial charge on any atom is 0.341 e. The van der Waals surface area contributed by atoms with E-state index >= 15 is 0 Å². The molecule has 8 heteroatoms. The number of anilines is 1. The summed E-state index contributed by atoms with van der Waals surface area (Å²) in [5, 5.41) is 7.66. The molecule has 2 aromatic heterocycles. The standard InChI is InChI=1S/C20H22N4O3S/c1-4-15-11-16(20(26)27-5-2)19(28-15)22-17(25)12-24-18(21-13(3)23-24)14-9-7-6-8-10-14/h6-11H,4-5,12H2,1-3H3,(H,22,25). The largest absolute Gasteiger partial charge is 0.462 e. The van der Waals surface area contributed by atoms with E-state index < -0.39 is 5.97 Å². The van der Waals surface area contributed by atoms with Crippen molar-refractivity contribution in [1.82, 2.24) is 14.8 Å². The van der Waals surface area contributed by atoms with Gasteiger partial charge in [0.2, 0.25) is 5.91 Å². The number of thiophene rings is 1. The lowest BCUT2D eigenvalue weighted by molar-refractivity contribution is -0.116. The number of hydrogen-bond acceptors (Lipinski definition) is 6. The number of esters is 1. The monoisotopic (exact) mass is 398 g/mol. The Morgan fingerprint density at radius 2 is 1.96 bits per heavy atom. The predicted molar refractivity (Wildman–Crippen MR) is 108 cm³/mol. The van der Waals surface area contributed by atoms with Crippen molar-refractivity contribution in [3.63, 3.8) is 0 Å². The first-order chi connectivity index (χ1) is 13.5. The van der Waals surface area contributed by atoms with Crippen LogP contribution in [0.2, 0.25) is 0 Å². The molecule has 1 N–H and O–H groups in total. The van der Waals surface area contributed by atoms with E-state index in [-0.39, 0.29) is 19.1 Å². The van der Waals surface area contributed by atoms with E-state index in [0.29, 0.717) is 22.2 Å². The van der Waals surface area contributed by atoms with Crippen molar-refractivity contribution < 1.29 is 14.3 Å². The second kappa shape index (κ2) is 8.79. The molecule has 3 aromatic rings. The molecule has 0 saturated carbocycles. The zero-order valence-corrected chi connectivity index (χ0v) is 16.9. The van der Waals surface area contributed by atoms with Crippen LogP contribution in [-0.4, -0.2) is 33.2 Å². The van der Waals surface area contributed by atoms with Gasteiger partial charge >= 0.3 is 5.97 Å². The number of hydrogen-bond donors (Lipinski definition) is 1. The van der Waals surface area contributed by atoms with Crippen LogP contribution in [0.4, 0.5) is 5.00 Å². The molecule has 2 heterocycles. The Kier molecular flexibility index (Phi) is 6.20. The molecule has 3 rings (SSSR count). The van der Waals surface area contributed by atoms with Crippen molar-refractivity contribution >= 4 is 28.2 Å². The summed E-state index contributed by atoms with van der Waals surface area (Å²) in [6.45, 7) is 5.81. The number of nitrogens with one attached hydrogen (secondary N) is 1. The summed E-state index contributed by atoms with van der Waals surface area (Å²) in [6, 6.07) is 11.4. The number of aromatic nitrogens is 3. The first kappa shape index (κ1) is 19.8. The number of amides is 1. The third kappa shape index (κ3) is 4.45. The Labute approximate surface area is 167 Å². The summed E-state index contributed by atoms with van der Waals surface area (Å²) in [7, 11) is 0. The molecule has 0 aliphatic carbocycles. The second-order valence-electron chi connectivity index (χ2n) is 6.08. The highest BCUT2D eigenvalue weighted by Gasteiger charge is 2.20. The fraction of sp³-hybridized carbons (Fsp3) is 0.300. The van der Waals surface area contributed by atoms with E-state index in [9.17, 15) is 9.59 Å². The SMILES string of the molecule is CCOC(=O)c1cc(CC)sc1NC(=O)Cn1nc(C)nc1-c1ccccc1. The zero-order chi connectivity index (χ0) is 20.1. The van der Waals surface area contributed by atoms with Gasteiger partial charge in [0.15, 0.2) is 5.82 Å². The molecule has 0 aliphatic rings. The van der Waals surface area contributed by atoms with Crippen LogP contribution in [0, 0.1) is 6.92 Å². The van der Waals surface area contributed by atoms with Gasteiger partial charge in [-0.05, 0) is 26.3 Å². The number of carbonyl (C=O) groups is 2. The number of carbonyl (C=O) groups excluding carboxylic acids is 2. The molecule has 0 fully saturated rings. The van der Waals surface area contributed by atoms with Crippen LogP contribution < -0.4 is 5.32 Å². The number of aryl methyl sites for hydroxylation is 2. The van der Waals surface area contributed by atoms with Crippen molar-refractivity contribution in [2.75, 3.05) is 11.9 Å². The predicted octanol–water partition coefficient (Wildman–Crippen LogP) is 3.69. The minimum Gasteiger partial charge on any atom is -0.462 e. The highest BCUT2D eigenvalue weighted by atomic mass is 32.1. The first-order valence-electron chi connectivity index (χ1n) is 9.08. The van der Waals surface area contributed by atoms with Crippen LogP contribution >= 0.6 is 11.3 Å². The molecule has 7 nitrogen and oxygen atoms in total. The molecule has 0 radical (unpaired) electrons. The van der Waals surface area contributed by atoms with Crippen molar-refractivity contribution in [2.45, 2.75) is 33.7 Å². The Hall–Kier alpha value is -3.00. The van der Waals surface area contributed by atoms with Crippen LogP contribution in [0.15, 0.2) is 36.4 Å². The fourth-order valence-electron chi connectivity index (χ4n) is 2.74. The van der Waals surface area contributed by atoms with Gasteiger partial charge in [-0.15, -0.1) is 11.3 Å². The molecule has 28 heavy (non-hydrogen) atoms. The van der Waals surface area contributed by atoms with Crippen LogP contribution in [0.1, 0.15) is 34.9 Å². The maximum absolute atomic E-state index is 12.7. The highest BCUT2D eigenvalue weighted by molar-refractivity contribution is 7.16. The highest BCUT2D eigenvalue weighted by Crippen LogP contribution is 2.29. The summed E-state index contributed by atoms with van der Waals surface area (Å²) in [5.74, 6) is 0.495. The molecule has 0 aliphatic heterocycles. The van der Waals surface area contributed by atoms with E-state index in [1.54, 1.807) is 24.6 Å². The summed E-state index contributed by atoms with van der Waals surface area (Å²) in [5.41, 5.74) is 1.27. The van der Waals surface area contributed by atoms with Gasteiger partial charge < -0.3 is 10.1 Å². The topological polar surface area (TPSA) is 86.1 Å². The lowest BCUT2D eigenvalue weighted by Crippen LogP contribution is -2.21. The maximum atomic E-state index is 12.7. The number of nitrogens with zero attached hydrogens (tertiary/aromatic N) is 3.